The molecule has 0 aliphatic heterocycles. The van der Waals surface area contributed by atoms with Crippen molar-refractivity contribution >= 4 is 41.5 Å². The molecule has 6 heteroatoms. The molecule has 0 amide bonds. The van der Waals surface area contributed by atoms with Gasteiger partial charge in [0.15, 0.2) is 5.96 Å². The van der Waals surface area contributed by atoms with Crippen molar-refractivity contribution in [1.29, 1.82) is 0 Å². The summed E-state index contributed by atoms with van der Waals surface area (Å²) in [4.78, 5) is 6.72. The van der Waals surface area contributed by atoms with Crippen molar-refractivity contribution in [1.82, 2.24) is 15.5 Å². The maximum Gasteiger partial charge on any atom is 0.190 e. The summed E-state index contributed by atoms with van der Waals surface area (Å²) >= 11 is 6.00. The molecule has 0 aromatic heterocycles. The molecule has 1 aromatic carbocycles. The number of unbranched alkanes of at least 4 members (excludes halogenated alkanes) is 1. The zero-order valence-corrected chi connectivity index (χ0v) is 18.2. The van der Waals surface area contributed by atoms with Gasteiger partial charge in [0.1, 0.15) is 0 Å². The SMILES string of the molecule is CCN(CC)CCCCNC(=NC)NCCc1cccc(Cl)c1.I. The van der Waals surface area contributed by atoms with Gasteiger partial charge in [-0.25, -0.2) is 0 Å². The Morgan fingerprint density at radius 3 is 2.46 bits per heavy atom. The minimum atomic E-state index is 0. The van der Waals surface area contributed by atoms with Crippen LogP contribution in [-0.4, -0.2) is 50.6 Å². The molecule has 24 heavy (non-hydrogen) atoms. The molecule has 1 aromatic rings. The number of hydrogen-bond acceptors (Lipinski definition) is 2. The molecule has 0 radical (unpaired) electrons. The first-order chi connectivity index (χ1) is 11.2. The minimum Gasteiger partial charge on any atom is -0.356 e. The Labute approximate surface area is 169 Å². The van der Waals surface area contributed by atoms with Gasteiger partial charge in [-0.2, -0.15) is 0 Å². The topological polar surface area (TPSA) is 39.7 Å². The fourth-order valence-corrected chi connectivity index (χ4v) is 2.66. The van der Waals surface area contributed by atoms with Crippen LogP contribution in [0.25, 0.3) is 0 Å². The number of benzene rings is 1. The predicted octanol–water partition coefficient (Wildman–Crippen LogP) is 3.79. The summed E-state index contributed by atoms with van der Waals surface area (Å²) in [5.74, 6) is 0.870. The smallest absolute Gasteiger partial charge is 0.190 e. The van der Waals surface area contributed by atoms with Gasteiger partial charge >= 0.3 is 0 Å². The van der Waals surface area contributed by atoms with Crippen molar-refractivity contribution in [3.05, 3.63) is 34.9 Å². The fourth-order valence-electron chi connectivity index (χ4n) is 2.45. The summed E-state index contributed by atoms with van der Waals surface area (Å²) in [6, 6.07) is 7.99. The van der Waals surface area contributed by atoms with Crippen LogP contribution in [0.5, 0.6) is 0 Å². The average molecular weight is 467 g/mol. The van der Waals surface area contributed by atoms with Gasteiger partial charge in [-0.3, -0.25) is 4.99 Å². The number of halogens is 2. The first kappa shape index (κ1) is 23.5. The standard InChI is InChI=1S/C18H31ClN4.HI/c1-4-23(5-2)14-7-6-12-21-18(20-3)22-13-11-16-9-8-10-17(19)15-16;/h8-10,15H,4-7,11-14H2,1-3H3,(H2,20,21,22);1H. The van der Waals surface area contributed by atoms with Gasteiger partial charge in [0.05, 0.1) is 0 Å². The van der Waals surface area contributed by atoms with Gasteiger partial charge in [0.25, 0.3) is 0 Å². The molecule has 4 nitrogen and oxygen atoms in total. The molecule has 0 unspecified atom stereocenters. The van der Waals surface area contributed by atoms with E-state index in [2.05, 4.69) is 40.4 Å². The van der Waals surface area contributed by atoms with Crippen LogP contribution in [0, 0.1) is 0 Å². The summed E-state index contributed by atoms with van der Waals surface area (Å²) in [7, 11) is 1.81. The van der Waals surface area contributed by atoms with Crippen molar-refractivity contribution in [3.8, 4) is 0 Å². The molecule has 1 rings (SSSR count). The number of hydrogen-bond donors (Lipinski definition) is 2. The van der Waals surface area contributed by atoms with E-state index in [4.69, 9.17) is 11.6 Å². The Morgan fingerprint density at radius 2 is 1.83 bits per heavy atom. The molecule has 0 fully saturated rings. The number of nitrogens with zero attached hydrogens (tertiary/aromatic N) is 2. The van der Waals surface area contributed by atoms with E-state index in [1.807, 2.05) is 25.2 Å². The Hall–Kier alpha value is -0.530. The van der Waals surface area contributed by atoms with Gasteiger partial charge < -0.3 is 15.5 Å². The molecule has 0 aliphatic rings. The van der Waals surface area contributed by atoms with E-state index in [1.54, 1.807) is 0 Å². The first-order valence-corrected chi connectivity index (χ1v) is 8.98. The van der Waals surface area contributed by atoms with Crippen molar-refractivity contribution in [2.75, 3.05) is 39.8 Å². The van der Waals surface area contributed by atoms with Crippen LogP contribution >= 0.6 is 35.6 Å². The van der Waals surface area contributed by atoms with Crippen LogP contribution in [0.4, 0.5) is 0 Å². The lowest BCUT2D eigenvalue weighted by atomic mass is 10.1. The summed E-state index contributed by atoms with van der Waals surface area (Å²) in [5.41, 5.74) is 1.24. The molecular weight excluding hydrogens is 435 g/mol. The fraction of sp³-hybridized carbons (Fsp3) is 0.611. The Morgan fingerprint density at radius 1 is 1.12 bits per heavy atom. The summed E-state index contributed by atoms with van der Waals surface area (Å²) < 4.78 is 0. The highest BCUT2D eigenvalue weighted by Gasteiger charge is 2.00. The van der Waals surface area contributed by atoms with E-state index >= 15 is 0 Å². The van der Waals surface area contributed by atoms with Crippen LogP contribution in [0.15, 0.2) is 29.3 Å². The molecule has 0 saturated carbocycles. The van der Waals surface area contributed by atoms with Crippen LogP contribution in [0.2, 0.25) is 5.02 Å². The van der Waals surface area contributed by atoms with E-state index < -0.39 is 0 Å². The Balaban J connectivity index is 0.00000529. The summed E-state index contributed by atoms with van der Waals surface area (Å²) in [6.45, 7) is 9.68. The summed E-state index contributed by atoms with van der Waals surface area (Å²) in [6.07, 6.45) is 3.31. The molecular formula is C18H32ClIN4. The van der Waals surface area contributed by atoms with Crippen molar-refractivity contribution < 1.29 is 0 Å². The maximum atomic E-state index is 6.00. The lowest BCUT2D eigenvalue weighted by Crippen LogP contribution is -2.38. The van der Waals surface area contributed by atoms with Crippen molar-refractivity contribution in [3.63, 3.8) is 0 Å². The van der Waals surface area contributed by atoms with Crippen LogP contribution < -0.4 is 10.6 Å². The van der Waals surface area contributed by atoms with Gasteiger partial charge in [-0.15, -0.1) is 24.0 Å². The molecule has 138 valence electrons. The number of aliphatic imine (C=N–C) groups is 1. The molecule has 0 saturated heterocycles. The monoisotopic (exact) mass is 466 g/mol. The van der Waals surface area contributed by atoms with Gasteiger partial charge in [-0.05, 0) is 56.6 Å². The predicted molar refractivity (Wildman–Crippen MR) is 117 cm³/mol. The summed E-state index contributed by atoms with van der Waals surface area (Å²) in [5, 5.41) is 7.51. The van der Waals surface area contributed by atoms with Gasteiger partial charge in [0.2, 0.25) is 0 Å². The molecule has 0 heterocycles. The highest BCUT2D eigenvalue weighted by atomic mass is 127. The molecule has 0 bridgehead atoms. The van der Waals surface area contributed by atoms with E-state index in [0.717, 1.165) is 50.0 Å². The Bertz CT molecular complexity index is 464. The van der Waals surface area contributed by atoms with Crippen molar-refractivity contribution in [2.45, 2.75) is 33.1 Å². The molecule has 0 atom stereocenters. The van der Waals surface area contributed by atoms with Crippen LogP contribution in [-0.2, 0) is 6.42 Å². The third-order valence-corrected chi connectivity index (χ3v) is 4.14. The highest BCUT2D eigenvalue weighted by molar-refractivity contribution is 14.0. The highest BCUT2D eigenvalue weighted by Crippen LogP contribution is 2.10. The van der Waals surface area contributed by atoms with Crippen LogP contribution in [0.1, 0.15) is 32.3 Å². The van der Waals surface area contributed by atoms with Gasteiger partial charge in [-0.1, -0.05) is 37.6 Å². The third kappa shape index (κ3) is 10.4. The first-order valence-electron chi connectivity index (χ1n) is 8.60. The average Bonchev–Trinajstić information content (AvgIpc) is 2.56. The van der Waals surface area contributed by atoms with Crippen LogP contribution in [0.3, 0.4) is 0 Å². The number of nitrogens with one attached hydrogen (secondary N) is 2. The Kier molecular flexibility index (Phi) is 14.5. The lowest BCUT2D eigenvalue weighted by molar-refractivity contribution is 0.297. The van der Waals surface area contributed by atoms with E-state index in [-0.39, 0.29) is 24.0 Å². The second-order valence-corrected chi connectivity index (χ2v) is 5.98. The zero-order chi connectivity index (χ0) is 16.9. The largest absolute Gasteiger partial charge is 0.356 e. The van der Waals surface area contributed by atoms with E-state index in [9.17, 15) is 0 Å². The zero-order valence-electron chi connectivity index (χ0n) is 15.1. The van der Waals surface area contributed by atoms with E-state index in [0.29, 0.717) is 0 Å². The van der Waals surface area contributed by atoms with Crippen molar-refractivity contribution in [2.24, 2.45) is 4.99 Å². The number of rotatable bonds is 10. The molecule has 2 N–H and O–H groups in total. The van der Waals surface area contributed by atoms with E-state index in [1.165, 1.54) is 18.5 Å². The third-order valence-electron chi connectivity index (χ3n) is 3.91. The maximum absolute atomic E-state index is 6.00. The lowest BCUT2D eigenvalue weighted by Gasteiger charge is -2.18. The molecule has 0 spiro atoms. The second kappa shape index (κ2) is 14.8. The minimum absolute atomic E-state index is 0. The normalized spacial score (nSPS) is 11.3. The number of guanidine groups is 1. The molecule has 0 aliphatic carbocycles. The van der Waals surface area contributed by atoms with Gasteiger partial charge in [0, 0.05) is 25.2 Å². The second-order valence-electron chi connectivity index (χ2n) is 5.54. The quantitative estimate of drug-likeness (QED) is 0.239.